The van der Waals surface area contributed by atoms with Crippen molar-refractivity contribution in [2.45, 2.75) is 51.9 Å². The molecule has 0 unspecified atom stereocenters. The van der Waals surface area contributed by atoms with E-state index in [4.69, 9.17) is 4.74 Å². The van der Waals surface area contributed by atoms with Crippen molar-refractivity contribution < 1.29 is 14.3 Å². The Balaban J connectivity index is 1.64. The first-order valence-corrected chi connectivity index (χ1v) is 10.9. The number of carbonyl (C=O) groups is 2. The lowest BCUT2D eigenvalue weighted by molar-refractivity contribution is 0.0601. The van der Waals surface area contributed by atoms with Gasteiger partial charge >= 0.3 is 5.97 Å². The van der Waals surface area contributed by atoms with Crippen LogP contribution in [0.4, 0.5) is 5.00 Å². The molecule has 1 atom stereocenters. The first-order chi connectivity index (χ1) is 12.6. The molecule has 26 heavy (non-hydrogen) atoms. The lowest BCUT2D eigenvalue weighted by atomic mass is 9.88. The summed E-state index contributed by atoms with van der Waals surface area (Å²) in [6.07, 6.45) is 7.24. The van der Waals surface area contributed by atoms with Gasteiger partial charge in [-0.3, -0.25) is 4.79 Å². The molecule has 2 aliphatic carbocycles. The number of nitrogens with one attached hydrogen (secondary N) is 1. The van der Waals surface area contributed by atoms with E-state index in [1.807, 2.05) is 5.38 Å². The van der Waals surface area contributed by atoms with Crippen LogP contribution in [-0.2, 0) is 30.4 Å². The third-order valence-corrected chi connectivity index (χ3v) is 7.69. The number of aryl methyl sites for hydroxylation is 1. The maximum Gasteiger partial charge on any atom is 0.341 e. The highest BCUT2D eigenvalue weighted by Crippen LogP contribution is 2.39. The van der Waals surface area contributed by atoms with E-state index >= 15 is 0 Å². The number of carbonyl (C=O) groups excluding carboxylic acids is 2. The molecular weight excluding hydrogens is 366 g/mol. The topological polar surface area (TPSA) is 55.4 Å². The van der Waals surface area contributed by atoms with E-state index in [0.717, 1.165) is 56.1 Å². The van der Waals surface area contributed by atoms with Gasteiger partial charge in [-0.1, -0.05) is 6.92 Å². The predicted octanol–water partition coefficient (Wildman–Crippen LogP) is 4.85. The summed E-state index contributed by atoms with van der Waals surface area (Å²) in [6.45, 7) is 2.27. The molecule has 0 radical (unpaired) electrons. The Hall–Kier alpha value is -1.66. The third kappa shape index (κ3) is 3.09. The standard InChI is InChI=1S/C20H23NO3S2/c1-11-7-8-12-14(10-25-16(12)9-11)18(22)21-19-17(20(23)24-2)13-5-3-4-6-15(13)26-19/h10-11H,3-9H2,1-2H3,(H,21,22)/t11-/m0/s1. The molecule has 0 saturated carbocycles. The average molecular weight is 390 g/mol. The smallest absolute Gasteiger partial charge is 0.341 e. The van der Waals surface area contributed by atoms with Crippen LogP contribution in [0.25, 0.3) is 0 Å². The van der Waals surface area contributed by atoms with Crippen LogP contribution in [0, 0.1) is 5.92 Å². The third-order valence-electron chi connectivity index (χ3n) is 5.43. The van der Waals surface area contributed by atoms with Gasteiger partial charge in [0.25, 0.3) is 5.91 Å². The number of ether oxygens (including phenoxy) is 1. The van der Waals surface area contributed by atoms with Crippen molar-refractivity contribution >= 4 is 39.6 Å². The Labute approximate surface area is 161 Å². The Morgan fingerprint density at radius 1 is 1.15 bits per heavy atom. The summed E-state index contributed by atoms with van der Waals surface area (Å²) in [5.41, 5.74) is 3.62. The molecule has 1 amide bonds. The van der Waals surface area contributed by atoms with Crippen molar-refractivity contribution in [2.75, 3.05) is 12.4 Å². The molecule has 0 bridgehead atoms. The van der Waals surface area contributed by atoms with Gasteiger partial charge in [-0.15, -0.1) is 22.7 Å². The van der Waals surface area contributed by atoms with Crippen molar-refractivity contribution in [3.63, 3.8) is 0 Å². The molecule has 4 nitrogen and oxygen atoms in total. The Bertz CT molecular complexity index is 865. The number of methoxy groups -OCH3 is 1. The molecule has 6 heteroatoms. The number of rotatable bonds is 3. The Morgan fingerprint density at radius 2 is 1.96 bits per heavy atom. The summed E-state index contributed by atoms with van der Waals surface area (Å²) < 4.78 is 4.99. The quantitative estimate of drug-likeness (QED) is 0.763. The van der Waals surface area contributed by atoms with Crippen LogP contribution in [0.3, 0.4) is 0 Å². The second-order valence-corrected chi connectivity index (χ2v) is 9.33. The zero-order chi connectivity index (χ0) is 18.3. The number of esters is 1. The second kappa shape index (κ2) is 7.16. The fraction of sp³-hybridized carbons (Fsp3) is 0.500. The molecule has 2 heterocycles. The van der Waals surface area contributed by atoms with Gasteiger partial charge in [0.05, 0.1) is 18.2 Å². The van der Waals surface area contributed by atoms with E-state index in [2.05, 4.69) is 12.2 Å². The SMILES string of the molecule is COC(=O)c1c(NC(=O)c2csc3c2CC[C@H](C)C3)sc2c1CCCC2. The van der Waals surface area contributed by atoms with Crippen molar-refractivity contribution in [3.8, 4) is 0 Å². The molecule has 0 aliphatic heterocycles. The molecule has 0 spiro atoms. The number of hydrogen-bond acceptors (Lipinski definition) is 5. The van der Waals surface area contributed by atoms with Gasteiger partial charge in [-0.05, 0) is 62.0 Å². The van der Waals surface area contributed by atoms with Crippen LogP contribution >= 0.6 is 22.7 Å². The highest BCUT2D eigenvalue weighted by atomic mass is 32.1. The van der Waals surface area contributed by atoms with Crippen LogP contribution in [-0.4, -0.2) is 19.0 Å². The fourth-order valence-electron chi connectivity index (χ4n) is 4.01. The van der Waals surface area contributed by atoms with Crippen LogP contribution in [0.1, 0.15) is 67.8 Å². The fourth-order valence-corrected chi connectivity index (χ4v) is 6.53. The second-order valence-electron chi connectivity index (χ2n) is 7.26. The lowest BCUT2D eigenvalue weighted by Gasteiger charge is -2.18. The molecule has 0 fully saturated rings. The van der Waals surface area contributed by atoms with Gasteiger partial charge < -0.3 is 10.1 Å². The summed E-state index contributed by atoms with van der Waals surface area (Å²) in [5, 5.41) is 5.66. The first-order valence-electron chi connectivity index (χ1n) is 9.22. The van der Waals surface area contributed by atoms with Gasteiger partial charge in [0, 0.05) is 15.1 Å². The molecular formula is C20H23NO3S2. The summed E-state index contributed by atoms with van der Waals surface area (Å²) in [7, 11) is 1.40. The van der Waals surface area contributed by atoms with Gasteiger partial charge in [-0.2, -0.15) is 0 Å². The van der Waals surface area contributed by atoms with Gasteiger partial charge in [0.15, 0.2) is 0 Å². The summed E-state index contributed by atoms with van der Waals surface area (Å²) >= 11 is 3.23. The lowest BCUT2D eigenvalue weighted by Crippen LogP contribution is -2.17. The Kier molecular flexibility index (Phi) is 4.88. The minimum Gasteiger partial charge on any atom is -0.465 e. The minimum absolute atomic E-state index is 0.0965. The predicted molar refractivity (Wildman–Crippen MR) is 106 cm³/mol. The number of thiophene rings is 2. The molecule has 2 aromatic rings. The van der Waals surface area contributed by atoms with Crippen molar-refractivity contribution in [1.29, 1.82) is 0 Å². The number of fused-ring (bicyclic) bond motifs is 2. The number of hydrogen-bond donors (Lipinski definition) is 1. The van der Waals surface area contributed by atoms with Crippen LogP contribution < -0.4 is 5.32 Å². The first kappa shape index (κ1) is 17.7. The minimum atomic E-state index is -0.346. The molecule has 4 rings (SSSR count). The van der Waals surface area contributed by atoms with E-state index in [1.54, 1.807) is 11.3 Å². The van der Waals surface area contributed by atoms with Gasteiger partial charge in [-0.25, -0.2) is 4.79 Å². The van der Waals surface area contributed by atoms with E-state index in [9.17, 15) is 9.59 Å². The highest BCUT2D eigenvalue weighted by Gasteiger charge is 2.29. The van der Waals surface area contributed by atoms with Crippen molar-refractivity contribution in [1.82, 2.24) is 0 Å². The van der Waals surface area contributed by atoms with Crippen molar-refractivity contribution in [2.24, 2.45) is 5.92 Å². The zero-order valence-corrected chi connectivity index (χ0v) is 16.8. The average Bonchev–Trinajstić information content (AvgIpc) is 3.21. The molecule has 138 valence electrons. The van der Waals surface area contributed by atoms with Gasteiger partial charge in [0.1, 0.15) is 5.00 Å². The van der Waals surface area contributed by atoms with Crippen LogP contribution in [0.5, 0.6) is 0 Å². The molecule has 0 aromatic carbocycles. The number of amides is 1. The van der Waals surface area contributed by atoms with Crippen LogP contribution in [0.2, 0.25) is 0 Å². The molecule has 2 aromatic heterocycles. The van der Waals surface area contributed by atoms with E-state index in [-0.39, 0.29) is 11.9 Å². The van der Waals surface area contributed by atoms with E-state index < -0.39 is 0 Å². The molecule has 2 aliphatic rings. The maximum absolute atomic E-state index is 13.0. The molecule has 0 saturated heterocycles. The zero-order valence-electron chi connectivity index (χ0n) is 15.1. The normalized spacial score (nSPS) is 18.8. The Morgan fingerprint density at radius 3 is 2.77 bits per heavy atom. The van der Waals surface area contributed by atoms with E-state index in [1.165, 1.54) is 33.8 Å². The largest absolute Gasteiger partial charge is 0.465 e. The summed E-state index contributed by atoms with van der Waals surface area (Å²) in [6, 6.07) is 0. The summed E-state index contributed by atoms with van der Waals surface area (Å²) in [4.78, 5) is 27.9. The van der Waals surface area contributed by atoms with Crippen molar-refractivity contribution in [3.05, 3.63) is 37.4 Å². The van der Waals surface area contributed by atoms with Gasteiger partial charge in [0.2, 0.25) is 0 Å². The summed E-state index contributed by atoms with van der Waals surface area (Å²) in [5.74, 6) is 0.244. The van der Waals surface area contributed by atoms with E-state index in [0.29, 0.717) is 16.5 Å². The number of anilines is 1. The highest BCUT2D eigenvalue weighted by molar-refractivity contribution is 7.17. The maximum atomic E-state index is 13.0. The monoisotopic (exact) mass is 389 g/mol. The molecule has 1 N–H and O–H groups in total. The van der Waals surface area contributed by atoms with Crippen LogP contribution in [0.15, 0.2) is 5.38 Å².